The predicted octanol–water partition coefficient (Wildman–Crippen LogP) is 1.88. The number of furan rings is 1. The number of nitrogens with zero attached hydrogens (tertiary/aromatic N) is 5. The van der Waals surface area contributed by atoms with Gasteiger partial charge in [0.1, 0.15) is 5.69 Å². The van der Waals surface area contributed by atoms with Crippen molar-refractivity contribution >= 4 is 11.7 Å². The van der Waals surface area contributed by atoms with Gasteiger partial charge < -0.3 is 14.1 Å². The van der Waals surface area contributed by atoms with Crippen molar-refractivity contribution in [1.29, 1.82) is 0 Å². The Labute approximate surface area is 144 Å². The van der Waals surface area contributed by atoms with Crippen LogP contribution in [0.2, 0.25) is 0 Å². The zero-order chi connectivity index (χ0) is 18.3. The van der Waals surface area contributed by atoms with E-state index in [1.807, 2.05) is 0 Å². The van der Waals surface area contributed by atoms with Gasteiger partial charge in [0.2, 0.25) is 5.82 Å². The third kappa shape index (κ3) is 2.90. The average molecular weight is 367 g/mol. The number of amides is 1. The molecule has 0 spiro atoms. The van der Waals surface area contributed by atoms with E-state index in [4.69, 9.17) is 9.15 Å². The highest BCUT2D eigenvalue weighted by Gasteiger charge is 2.36. The van der Waals surface area contributed by atoms with Gasteiger partial charge in [-0.2, -0.15) is 22.7 Å². The number of alkyl halides is 3. The van der Waals surface area contributed by atoms with Gasteiger partial charge in [0.15, 0.2) is 11.5 Å². The lowest BCUT2D eigenvalue weighted by atomic mass is 10.2. The number of halogens is 3. The molecule has 26 heavy (non-hydrogen) atoms. The number of aromatic nitrogens is 4. The van der Waals surface area contributed by atoms with Crippen LogP contribution in [0.5, 0.6) is 0 Å². The molecule has 4 rings (SSSR count). The molecule has 0 aliphatic carbocycles. The molecule has 0 bridgehead atoms. The van der Waals surface area contributed by atoms with E-state index < -0.39 is 17.8 Å². The number of ether oxygens (including phenoxy) is 1. The second-order valence-corrected chi connectivity index (χ2v) is 5.55. The van der Waals surface area contributed by atoms with E-state index in [1.54, 1.807) is 0 Å². The summed E-state index contributed by atoms with van der Waals surface area (Å²) >= 11 is 0. The molecular weight excluding hydrogens is 355 g/mol. The van der Waals surface area contributed by atoms with Crippen LogP contribution >= 0.6 is 0 Å². The van der Waals surface area contributed by atoms with Crippen molar-refractivity contribution in [2.45, 2.75) is 6.18 Å². The number of hydrogen-bond acceptors (Lipinski definition) is 6. The first-order chi connectivity index (χ1) is 12.4. The Morgan fingerprint density at radius 1 is 1.19 bits per heavy atom. The van der Waals surface area contributed by atoms with Gasteiger partial charge in [-0.25, -0.2) is 4.98 Å². The molecule has 3 aromatic heterocycles. The van der Waals surface area contributed by atoms with E-state index in [0.717, 1.165) is 6.07 Å². The molecule has 4 heterocycles. The second kappa shape index (κ2) is 6.09. The summed E-state index contributed by atoms with van der Waals surface area (Å²) in [6.45, 7) is 1.36. The second-order valence-electron chi connectivity index (χ2n) is 5.55. The highest BCUT2D eigenvalue weighted by molar-refractivity contribution is 5.91. The Morgan fingerprint density at radius 3 is 2.62 bits per heavy atom. The minimum Gasteiger partial charge on any atom is -0.463 e. The maximum Gasteiger partial charge on any atom is 0.433 e. The maximum absolute atomic E-state index is 13.4. The Balaban J connectivity index is 1.82. The fraction of sp³-hybridized carbons (Fsp3) is 0.333. The van der Waals surface area contributed by atoms with Crippen LogP contribution < -0.4 is 0 Å². The lowest BCUT2D eigenvalue weighted by Crippen LogP contribution is -2.41. The predicted molar refractivity (Wildman–Crippen MR) is 80.2 cm³/mol. The summed E-state index contributed by atoms with van der Waals surface area (Å²) in [7, 11) is 0. The van der Waals surface area contributed by atoms with Crippen LogP contribution in [-0.2, 0) is 10.9 Å². The van der Waals surface area contributed by atoms with Gasteiger partial charge in [0, 0.05) is 13.1 Å². The monoisotopic (exact) mass is 367 g/mol. The first-order valence-corrected chi connectivity index (χ1v) is 7.69. The summed E-state index contributed by atoms with van der Waals surface area (Å²) in [5.74, 6) is -1.09. The fourth-order valence-corrected chi connectivity index (χ4v) is 2.62. The zero-order valence-corrected chi connectivity index (χ0v) is 13.2. The van der Waals surface area contributed by atoms with Crippen LogP contribution in [0, 0.1) is 0 Å². The van der Waals surface area contributed by atoms with Crippen LogP contribution in [0.25, 0.3) is 17.2 Å². The molecular formula is C15H12F3N5O3. The van der Waals surface area contributed by atoms with Crippen LogP contribution in [0.15, 0.2) is 28.9 Å². The zero-order valence-electron chi connectivity index (χ0n) is 13.2. The van der Waals surface area contributed by atoms with Crippen molar-refractivity contribution in [1.82, 2.24) is 24.5 Å². The summed E-state index contributed by atoms with van der Waals surface area (Å²) in [6.07, 6.45) is -3.39. The van der Waals surface area contributed by atoms with Gasteiger partial charge in [-0.1, -0.05) is 0 Å². The fourth-order valence-electron chi connectivity index (χ4n) is 2.62. The minimum atomic E-state index is -4.71. The van der Waals surface area contributed by atoms with Gasteiger partial charge in [-0.05, 0) is 18.2 Å². The summed E-state index contributed by atoms with van der Waals surface area (Å²) < 4.78 is 51.1. The molecule has 1 aliphatic rings. The largest absolute Gasteiger partial charge is 0.463 e. The Morgan fingerprint density at radius 2 is 1.96 bits per heavy atom. The van der Waals surface area contributed by atoms with Gasteiger partial charge in [0.25, 0.3) is 11.7 Å². The highest BCUT2D eigenvalue weighted by atomic mass is 19.4. The summed E-state index contributed by atoms with van der Waals surface area (Å²) in [5.41, 5.74) is -1.14. The number of hydrogen-bond donors (Lipinski definition) is 0. The quantitative estimate of drug-likeness (QED) is 0.687. The minimum absolute atomic E-state index is 0.0485. The first-order valence-electron chi connectivity index (χ1n) is 7.69. The van der Waals surface area contributed by atoms with Gasteiger partial charge in [-0.3, -0.25) is 4.79 Å². The van der Waals surface area contributed by atoms with E-state index in [2.05, 4.69) is 15.1 Å². The molecule has 0 radical (unpaired) electrons. The standard InChI is InChI=1S/C15H12F3N5O3/c16-15(17,18)11-8-9(10-2-1-5-26-10)19-14-20-12(21-23(11)14)13(24)22-3-6-25-7-4-22/h1-2,5,8H,3-4,6-7H2. The summed E-state index contributed by atoms with van der Waals surface area (Å²) in [4.78, 5) is 21.8. The molecule has 8 nitrogen and oxygen atoms in total. The lowest BCUT2D eigenvalue weighted by molar-refractivity contribution is -0.142. The molecule has 0 unspecified atom stereocenters. The molecule has 1 amide bonds. The van der Waals surface area contributed by atoms with Crippen LogP contribution in [0.3, 0.4) is 0 Å². The molecule has 11 heteroatoms. The van der Waals surface area contributed by atoms with Crippen molar-refractivity contribution < 1.29 is 27.1 Å². The smallest absolute Gasteiger partial charge is 0.433 e. The number of fused-ring (bicyclic) bond motifs is 1. The molecule has 1 aliphatic heterocycles. The number of rotatable bonds is 2. The van der Waals surface area contributed by atoms with E-state index in [1.165, 1.54) is 23.3 Å². The number of carbonyl (C=O) groups is 1. The van der Waals surface area contributed by atoms with Crippen LogP contribution in [-0.4, -0.2) is 56.7 Å². The van der Waals surface area contributed by atoms with Crippen LogP contribution in [0.1, 0.15) is 16.3 Å². The van der Waals surface area contributed by atoms with Crippen molar-refractivity contribution in [3.05, 3.63) is 36.0 Å². The molecule has 1 saturated heterocycles. The van der Waals surface area contributed by atoms with Crippen molar-refractivity contribution in [2.24, 2.45) is 0 Å². The Bertz CT molecular complexity index is 945. The van der Waals surface area contributed by atoms with E-state index >= 15 is 0 Å². The average Bonchev–Trinajstić information content (AvgIpc) is 3.29. The Kier molecular flexibility index (Phi) is 3.87. The van der Waals surface area contributed by atoms with E-state index in [-0.39, 0.29) is 23.1 Å². The number of carbonyl (C=O) groups excluding carboxylic acids is 1. The van der Waals surface area contributed by atoms with E-state index in [0.29, 0.717) is 30.8 Å². The molecule has 3 aromatic rings. The van der Waals surface area contributed by atoms with E-state index in [9.17, 15) is 18.0 Å². The molecule has 136 valence electrons. The lowest BCUT2D eigenvalue weighted by Gasteiger charge is -2.25. The summed E-state index contributed by atoms with van der Waals surface area (Å²) in [5, 5.41) is 3.74. The highest BCUT2D eigenvalue weighted by Crippen LogP contribution is 2.32. The van der Waals surface area contributed by atoms with Gasteiger partial charge >= 0.3 is 6.18 Å². The number of morpholine rings is 1. The molecule has 0 aromatic carbocycles. The van der Waals surface area contributed by atoms with Gasteiger partial charge in [-0.15, -0.1) is 5.10 Å². The SMILES string of the molecule is O=C(c1nc2nc(-c3ccco3)cc(C(F)(F)F)n2n1)N1CCOCC1. The maximum atomic E-state index is 13.4. The molecule has 0 atom stereocenters. The topological polar surface area (TPSA) is 85.8 Å². The van der Waals surface area contributed by atoms with Crippen molar-refractivity contribution in [3.8, 4) is 11.5 Å². The third-order valence-corrected chi connectivity index (χ3v) is 3.87. The van der Waals surface area contributed by atoms with Crippen molar-refractivity contribution in [3.63, 3.8) is 0 Å². The van der Waals surface area contributed by atoms with Crippen LogP contribution in [0.4, 0.5) is 13.2 Å². The molecule has 0 saturated carbocycles. The van der Waals surface area contributed by atoms with Gasteiger partial charge in [0.05, 0.1) is 19.5 Å². The summed E-state index contributed by atoms with van der Waals surface area (Å²) in [6, 6.07) is 3.82. The third-order valence-electron chi connectivity index (χ3n) is 3.87. The first kappa shape index (κ1) is 16.5. The normalized spacial score (nSPS) is 15.6. The molecule has 1 fully saturated rings. The molecule has 0 N–H and O–H groups in total. The Hall–Kier alpha value is -2.95. The van der Waals surface area contributed by atoms with Crippen molar-refractivity contribution in [2.75, 3.05) is 26.3 Å².